The summed E-state index contributed by atoms with van der Waals surface area (Å²) in [5, 5.41) is 11.4. The van der Waals surface area contributed by atoms with Gasteiger partial charge in [-0.05, 0) is 31.2 Å². The van der Waals surface area contributed by atoms with Crippen LogP contribution < -0.4 is 16.8 Å². The average Bonchev–Trinajstić information content (AvgIpc) is 3.32. The van der Waals surface area contributed by atoms with Crippen LogP contribution in [0.15, 0.2) is 44.7 Å². The van der Waals surface area contributed by atoms with Gasteiger partial charge in [-0.3, -0.25) is 23.3 Å². The molecule has 4 aromatic rings. The van der Waals surface area contributed by atoms with Crippen LogP contribution in [0.2, 0.25) is 0 Å². The molecule has 1 aromatic carbocycles. The molecule has 1 N–H and O–H groups in total. The number of hydrogen-bond donors (Lipinski definition) is 1. The zero-order valence-corrected chi connectivity index (χ0v) is 22.8. The molecule has 0 aliphatic heterocycles. The van der Waals surface area contributed by atoms with Gasteiger partial charge in [0.25, 0.3) is 11.1 Å². The van der Waals surface area contributed by atoms with Crippen LogP contribution in [0.3, 0.4) is 0 Å². The molecule has 0 saturated carbocycles. The Labute approximate surface area is 222 Å². The zero-order valence-electron chi connectivity index (χ0n) is 22.8. The maximum Gasteiger partial charge on any atom is 0.332 e. The SMILES string of the molecule is CCCCCCc1c(O)n(Cc2ccccc2)c2nc3c(c(=O)n(CCCC)c(=O)n3CCCC)n2c1=O. The van der Waals surface area contributed by atoms with Crippen molar-refractivity contribution in [2.24, 2.45) is 0 Å². The number of aryl methyl sites for hydroxylation is 1. The van der Waals surface area contributed by atoms with E-state index in [1.807, 2.05) is 44.2 Å². The average molecular weight is 522 g/mol. The van der Waals surface area contributed by atoms with E-state index >= 15 is 0 Å². The van der Waals surface area contributed by atoms with Gasteiger partial charge in [0.2, 0.25) is 11.7 Å². The first-order valence-electron chi connectivity index (χ1n) is 14.0. The minimum Gasteiger partial charge on any atom is -0.494 e. The predicted molar refractivity (Wildman–Crippen MR) is 150 cm³/mol. The summed E-state index contributed by atoms with van der Waals surface area (Å²) in [6.45, 7) is 7.10. The number of unbranched alkanes of at least 4 members (excludes halogenated alkanes) is 5. The molecule has 38 heavy (non-hydrogen) atoms. The molecular formula is C29H39N5O4. The minimum absolute atomic E-state index is 0.105. The molecule has 0 saturated heterocycles. The Morgan fingerprint density at radius 2 is 1.42 bits per heavy atom. The summed E-state index contributed by atoms with van der Waals surface area (Å²) in [6.07, 6.45) is 7.28. The van der Waals surface area contributed by atoms with Crippen molar-refractivity contribution in [1.82, 2.24) is 23.1 Å². The van der Waals surface area contributed by atoms with Gasteiger partial charge in [-0.1, -0.05) is 83.2 Å². The van der Waals surface area contributed by atoms with Crippen molar-refractivity contribution in [1.29, 1.82) is 0 Å². The second kappa shape index (κ2) is 12.3. The van der Waals surface area contributed by atoms with E-state index in [2.05, 4.69) is 6.92 Å². The summed E-state index contributed by atoms with van der Waals surface area (Å²) in [5.74, 6) is 0.0329. The van der Waals surface area contributed by atoms with E-state index in [0.29, 0.717) is 19.4 Å². The van der Waals surface area contributed by atoms with Gasteiger partial charge in [0.15, 0.2) is 11.2 Å². The number of hydrogen-bond acceptors (Lipinski definition) is 5. The molecule has 9 nitrogen and oxygen atoms in total. The van der Waals surface area contributed by atoms with E-state index in [-0.39, 0.29) is 41.5 Å². The van der Waals surface area contributed by atoms with E-state index in [9.17, 15) is 19.5 Å². The predicted octanol–water partition coefficient (Wildman–Crippen LogP) is 4.45. The number of aromatic hydroxyl groups is 1. The summed E-state index contributed by atoms with van der Waals surface area (Å²) in [7, 11) is 0. The largest absolute Gasteiger partial charge is 0.494 e. The van der Waals surface area contributed by atoms with Gasteiger partial charge in [0.1, 0.15) is 0 Å². The first kappa shape index (κ1) is 27.4. The fraction of sp³-hybridized carbons (Fsp3) is 0.517. The third kappa shape index (κ3) is 5.19. The molecule has 0 aliphatic rings. The number of fused-ring (bicyclic) bond motifs is 3. The highest BCUT2D eigenvalue weighted by Crippen LogP contribution is 2.23. The second-order valence-corrected chi connectivity index (χ2v) is 10.0. The lowest BCUT2D eigenvalue weighted by Gasteiger charge is -2.15. The third-order valence-corrected chi connectivity index (χ3v) is 7.17. The third-order valence-electron chi connectivity index (χ3n) is 7.17. The molecule has 0 atom stereocenters. The van der Waals surface area contributed by atoms with Crippen LogP contribution >= 0.6 is 0 Å². The Hall–Kier alpha value is -3.62. The molecule has 0 unspecified atom stereocenters. The van der Waals surface area contributed by atoms with Crippen LogP contribution in [0.1, 0.15) is 83.3 Å². The Morgan fingerprint density at radius 3 is 2.08 bits per heavy atom. The summed E-state index contributed by atoms with van der Waals surface area (Å²) >= 11 is 0. The van der Waals surface area contributed by atoms with Crippen LogP contribution in [0.4, 0.5) is 0 Å². The molecule has 0 radical (unpaired) electrons. The van der Waals surface area contributed by atoms with E-state index in [1.165, 1.54) is 13.5 Å². The maximum atomic E-state index is 13.9. The first-order valence-corrected chi connectivity index (χ1v) is 14.0. The molecule has 204 valence electrons. The van der Waals surface area contributed by atoms with Crippen molar-refractivity contribution in [2.75, 3.05) is 0 Å². The van der Waals surface area contributed by atoms with Crippen molar-refractivity contribution in [3.63, 3.8) is 0 Å². The maximum absolute atomic E-state index is 13.9. The Bertz CT molecular complexity index is 1580. The molecule has 3 aromatic heterocycles. The van der Waals surface area contributed by atoms with Crippen molar-refractivity contribution >= 4 is 16.9 Å². The highest BCUT2D eigenvalue weighted by Gasteiger charge is 2.25. The van der Waals surface area contributed by atoms with Gasteiger partial charge in [-0.25, -0.2) is 9.20 Å². The van der Waals surface area contributed by atoms with Crippen LogP contribution in [0.25, 0.3) is 16.9 Å². The topological polar surface area (TPSA) is 104 Å². The first-order chi connectivity index (χ1) is 18.4. The summed E-state index contributed by atoms with van der Waals surface area (Å²) in [4.78, 5) is 45.8. The van der Waals surface area contributed by atoms with Crippen molar-refractivity contribution in [3.8, 4) is 5.88 Å². The molecule has 9 heteroatoms. The van der Waals surface area contributed by atoms with Crippen LogP contribution in [0, 0.1) is 0 Å². The number of aromatic nitrogens is 5. The van der Waals surface area contributed by atoms with Gasteiger partial charge in [-0.15, -0.1) is 0 Å². The van der Waals surface area contributed by atoms with E-state index in [1.54, 1.807) is 4.57 Å². The number of benzene rings is 1. The van der Waals surface area contributed by atoms with Crippen LogP contribution in [-0.4, -0.2) is 28.2 Å². The summed E-state index contributed by atoms with van der Waals surface area (Å²) in [5.41, 5.74) is 0.135. The van der Waals surface area contributed by atoms with E-state index in [4.69, 9.17) is 4.98 Å². The molecule has 4 rings (SSSR count). The van der Waals surface area contributed by atoms with Crippen LogP contribution in [0.5, 0.6) is 5.88 Å². The Balaban J connectivity index is 2.07. The minimum atomic E-state index is -0.510. The number of nitrogens with zero attached hydrogens (tertiary/aromatic N) is 5. The van der Waals surface area contributed by atoms with Gasteiger partial charge >= 0.3 is 5.69 Å². The highest BCUT2D eigenvalue weighted by atomic mass is 16.3. The number of rotatable bonds is 13. The quantitative estimate of drug-likeness (QED) is 0.262. The second-order valence-electron chi connectivity index (χ2n) is 10.0. The monoisotopic (exact) mass is 521 g/mol. The fourth-order valence-corrected chi connectivity index (χ4v) is 4.98. The van der Waals surface area contributed by atoms with Gasteiger partial charge in [-0.2, -0.15) is 4.98 Å². The van der Waals surface area contributed by atoms with Crippen molar-refractivity contribution in [3.05, 3.63) is 72.7 Å². The molecule has 0 amide bonds. The van der Waals surface area contributed by atoms with E-state index < -0.39 is 16.8 Å². The van der Waals surface area contributed by atoms with Gasteiger partial charge in [0.05, 0.1) is 12.1 Å². The molecule has 0 aliphatic carbocycles. The van der Waals surface area contributed by atoms with Crippen molar-refractivity contribution in [2.45, 2.75) is 98.2 Å². The highest BCUT2D eigenvalue weighted by molar-refractivity contribution is 5.75. The lowest BCUT2D eigenvalue weighted by molar-refractivity contribution is 0.410. The fourth-order valence-electron chi connectivity index (χ4n) is 4.98. The van der Waals surface area contributed by atoms with Gasteiger partial charge in [0, 0.05) is 13.1 Å². The normalized spacial score (nSPS) is 11.7. The lowest BCUT2D eigenvalue weighted by atomic mass is 10.1. The van der Waals surface area contributed by atoms with Crippen molar-refractivity contribution < 1.29 is 5.11 Å². The smallest absolute Gasteiger partial charge is 0.332 e. The molecule has 0 fully saturated rings. The molecule has 0 bridgehead atoms. The molecule has 3 heterocycles. The molecular weight excluding hydrogens is 482 g/mol. The number of imidazole rings is 1. The Kier molecular flexibility index (Phi) is 8.86. The zero-order chi connectivity index (χ0) is 27.2. The molecule has 0 spiro atoms. The van der Waals surface area contributed by atoms with E-state index in [0.717, 1.165) is 50.5 Å². The standard InChI is InChI=1S/C29H39N5O4/c1-4-7-10-14-17-22-25(35)33(20-21-15-12-11-13-16-21)28-30-24-23(34(28)26(22)36)27(37)32(19-9-6-3)29(38)31(24)18-8-5-2/h11-13,15-16,35H,4-10,14,17-20H2,1-3H3. The van der Waals surface area contributed by atoms with Crippen LogP contribution in [-0.2, 0) is 26.1 Å². The summed E-state index contributed by atoms with van der Waals surface area (Å²) < 4.78 is 5.69. The Morgan fingerprint density at radius 1 is 0.763 bits per heavy atom. The summed E-state index contributed by atoms with van der Waals surface area (Å²) in [6, 6.07) is 9.61. The lowest BCUT2D eigenvalue weighted by Crippen LogP contribution is -2.41. The van der Waals surface area contributed by atoms with Gasteiger partial charge < -0.3 is 5.11 Å².